The maximum atomic E-state index is 8.67. The van der Waals surface area contributed by atoms with Crippen molar-refractivity contribution in [2.75, 3.05) is 6.26 Å². The lowest BCUT2D eigenvalue weighted by Gasteiger charge is -1.98. The molecule has 5 heteroatoms. The molecule has 3 nitrogen and oxygen atoms in total. The quantitative estimate of drug-likeness (QED) is 0.462. The van der Waals surface area contributed by atoms with Crippen LogP contribution in [0.3, 0.4) is 0 Å². The van der Waals surface area contributed by atoms with Gasteiger partial charge in [0.2, 0.25) is 0 Å². The molecule has 58 valence electrons. The van der Waals surface area contributed by atoms with E-state index in [4.69, 9.17) is 10.0 Å². The highest BCUT2D eigenvalue weighted by atomic mass is 32.2. The van der Waals surface area contributed by atoms with Crippen LogP contribution >= 0.6 is 11.8 Å². The third-order valence-corrected chi connectivity index (χ3v) is 1.97. The summed E-state index contributed by atoms with van der Waals surface area (Å²) in [5.74, 6) is 0. The van der Waals surface area contributed by atoms with E-state index in [0.29, 0.717) is 0 Å². The van der Waals surface area contributed by atoms with Gasteiger partial charge in [0.05, 0.1) is 5.59 Å². The molecule has 0 aliphatic rings. The first-order valence-corrected chi connectivity index (χ1v) is 4.32. The predicted octanol–water partition coefficient (Wildman–Crippen LogP) is -0.517. The molecule has 0 unspecified atom stereocenters. The maximum absolute atomic E-state index is 8.67. The molecular weight excluding hydrogens is 161 g/mol. The minimum atomic E-state index is -1.47. The fraction of sp³-hybridized carbons (Fsp3) is 0.167. The predicted molar refractivity (Wildman–Crippen MR) is 45.8 cm³/mol. The minimum Gasteiger partial charge on any atom is -0.422 e. The molecule has 2 N–H and O–H groups in total. The van der Waals surface area contributed by atoms with Crippen LogP contribution in [0.25, 0.3) is 0 Å². The van der Waals surface area contributed by atoms with Crippen LogP contribution in [0.1, 0.15) is 0 Å². The topological polar surface area (TPSA) is 53.4 Å². The summed E-state index contributed by atoms with van der Waals surface area (Å²) in [5.41, 5.74) is 0.280. The zero-order chi connectivity index (χ0) is 8.27. The normalized spacial score (nSPS) is 9.73. The van der Waals surface area contributed by atoms with Crippen molar-refractivity contribution in [3.63, 3.8) is 0 Å². The molecule has 0 bridgehead atoms. The number of thioether (sulfide) groups is 1. The molecule has 0 spiro atoms. The highest BCUT2D eigenvalue weighted by molar-refractivity contribution is 7.98. The van der Waals surface area contributed by atoms with Crippen LogP contribution in [0.4, 0.5) is 0 Å². The molecule has 0 aliphatic heterocycles. The summed E-state index contributed by atoms with van der Waals surface area (Å²) in [6.45, 7) is 0. The van der Waals surface area contributed by atoms with Crippen molar-refractivity contribution >= 4 is 24.5 Å². The summed E-state index contributed by atoms with van der Waals surface area (Å²) in [7, 11) is -1.47. The van der Waals surface area contributed by atoms with E-state index < -0.39 is 7.12 Å². The smallest absolute Gasteiger partial charge is 0.422 e. The standard InChI is InChI=1S/C6H8BNO2S/c1-11-5-2-3-6(7(9)10)8-4-5/h2-4,9-10H,1H3. The van der Waals surface area contributed by atoms with Gasteiger partial charge in [0.15, 0.2) is 0 Å². The Morgan fingerprint density at radius 1 is 1.45 bits per heavy atom. The van der Waals surface area contributed by atoms with E-state index in [9.17, 15) is 0 Å². The van der Waals surface area contributed by atoms with Crippen LogP contribution in [0.2, 0.25) is 0 Å². The van der Waals surface area contributed by atoms with Crippen LogP contribution < -0.4 is 5.59 Å². The van der Waals surface area contributed by atoms with Gasteiger partial charge in [-0.1, -0.05) is 0 Å². The number of nitrogens with zero attached hydrogens (tertiary/aromatic N) is 1. The van der Waals surface area contributed by atoms with Crippen LogP contribution in [0.5, 0.6) is 0 Å². The number of pyridine rings is 1. The van der Waals surface area contributed by atoms with Crippen molar-refractivity contribution in [2.24, 2.45) is 0 Å². The van der Waals surface area contributed by atoms with E-state index in [-0.39, 0.29) is 5.59 Å². The number of hydrogen-bond acceptors (Lipinski definition) is 4. The van der Waals surface area contributed by atoms with E-state index >= 15 is 0 Å². The first-order valence-electron chi connectivity index (χ1n) is 3.10. The molecule has 1 rings (SSSR count). The van der Waals surface area contributed by atoms with Gasteiger partial charge in [-0.25, -0.2) is 0 Å². The molecule has 1 aromatic rings. The van der Waals surface area contributed by atoms with E-state index in [0.717, 1.165) is 4.90 Å². The lowest BCUT2D eigenvalue weighted by Crippen LogP contribution is -2.32. The first kappa shape index (κ1) is 8.58. The number of aromatic nitrogens is 1. The Morgan fingerprint density at radius 3 is 2.55 bits per heavy atom. The van der Waals surface area contributed by atoms with Gasteiger partial charge in [-0.2, -0.15) is 0 Å². The summed E-state index contributed by atoms with van der Waals surface area (Å²) in [4.78, 5) is 4.84. The molecule has 0 radical (unpaired) electrons. The highest BCUT2D eigenvalue weighted by Gasteiger charge is 2.11. The van der Waals surface area contributed by atoms with E-state index in [1.165, 1.54) is 0 Å². The summed E-state index contributed by atoms with van der Waals surface area (Å²) < 4.78 is 0. The lowest BCUT2D eigenvalue weighted by molar-refractivity contribution is 0.424. The summed E-state index contributed by atoms with van der Waals surface area (Å²) in [6.07, 6.45) is 3.55. The number of hydrogen-bond donors (Lipinski definition) is 2. The summed E-state index contributed by atoms with van der Waals surface area (Å²) in [5, 5.41) is 17.3. The molecule has 1 aromatic heterocycles. The third kappa shape index (κ3) is 2.22. The molecule has 0 saturated heterocycles. The zero-order valence-corrected chi connectivity index (χ0v) is 6.88. The Hall–Kier alpha value is -0.515. The molecule has 1 heterocycles. The summed E-state index contributed by atoms with van der Waals surface area (Å²) in [6, 6.07) is 3.39. The van der Waals surface area contributed by atoms with Crippen molar-refractivity contribution < 1.29 is 10.0 Å². The van der Waals surface area contributed by atoms with Gasteiger partial charge in [-0.15, -0.1) is 11.8 Å². The highest BCUT2D eigenvalue weighted by Crippen LogP contribution is 2.09. The van der Waals surface area contributed by atoms with E-state index in [1.807, 2.05) is 6.26 Å². The van der Waals surface area contributed by atoms with Crippen LogP contribution in [0.15, 0.2) is 23.2 Å². The molecule has 0 atom stereocenters. The average Bonchev–Trinajstić information content (AvgIpc) is 2.05. The monoisotopic (exact) mass is 169 g/mol. The van der Waals surface area contributed by atoms with Crippen molar-refractivity contribution in [3.8, 4) is 0 Å². The van der Waals surface area contributed by atoms with Crippen molar-refractivity contribution in [1.29, 1.82) is 0 Å². The molecule has 11 heavy (non-hydrogen) atoms. The van der Waals surface area contributed by atoms with Gasteiger partial charge >= 0.3 is 7.12 Å². The second-order valence-corrected chi connectivity index (χ2v) is 2.88. The van der Waals surface area contributed by atoms with E-state index in [2.05, 4.69) is 4.98 Å². The average molecular weight is 169 g/mol. The first-order chi connectivity index (χ1) is 5.24. The summed E-state index contributed by atoms with van der Waals surface area (Å²) >= 11 is 1.56. The van der Waals surface area contributed by atoms with Crippen LogP contribution in [0, 0.1) is 0 Å². The van der Waals surface area contributed by atoms with Gasteiger partial charge in [0.1, 0.15) is 0 Å². The Labute approximate surface area is 69.6 Å². The second-order valence-electron chi connectivity index (χ2n) is 2.00. The Morgan fingerprint density at radius 2 is 2.18 bits per heavy atom. The molecule has 0 saturated carbocycles. The third-order valence-electron chi connectivity index (χ3n) is 1.26. The van der Waals surface area contributed by atoms with Gasteiger partial charge in [-0.05, 0) is 18.4 Å². The van der Waals surface area contributed by atoms with Gasteiger partial charge in [0, 0.05) is 11.1 Å². The largest absolute Gasteiger partial charge is 0.508 e. The van der Waals surface area contributed by atoms with Crippen molar-refractivity contribution in [3.05, 3.63) is 18.3 Å². The molecular formula is C6H8BNO2S. The molecule has 0 fully saturated rings. The zero-order valence-electron chi connectivity index (χ0n) is 6.06. The molecule has 0 aromatic carbocycles. The van der Waals surface area contributed by atoms with E-state index in [1.54, 1.807) is 30.1 Å². The number of rotatable bonds is 2. The SMILES string of the molecule is CSc1ccc(B(O)O)nc1. The van der Waals surface area contributed by atoms with Crippen LogP contribution in [-0.2, 0) is 0 Å². The fourth-order valence-corrected chi connectivity index (χ4v) is 1.03. The van der Waals surface area contributed by atoms with Gasteiger partial charge in [-0.3, -0.25) is 4.98 Å². The van der Waals surface area contributed by atoms with Gasteiger partial charge < -0.3 is 10.0 Å². The Balaban J connectivity index is 2.83. The van der Waals surface area contributed by atoms with Crippen molar-refractivity contribution in [1.82, 2.24) is 4.98 Å². The molecule has 0 aliphatic carbocycles. The second kappa shape index (κ2) is 3.76. The maximum Gasteiger partial charge on any atom is 0.508 e. The Kier molecular flexibility index (Phi) is 2.93. The van der Waals surface area contributed by atoms with Gasteiger partial charge in [0.25, 0.3) is 0 Å². The Bertz CT molecular complexity index is 227. The molecule has 0 amide bonds. The fourth-order valence-electron chi connectivity index (χ4n) is 0.665. The lowest BCUT2D eigenvalue weighted by atomic mass is 9.86. The van der Waals surface area contributed by atoms with Crippen molar-refractivity contribution in [2.45, 2.75) is 4.90 Å². The van der Waals surface area contributed by atoms with Crippen LogP contribution in [-0.4, -0.2) is 28.4 Å². The minimum absolute atomic E-state index is 0.280.